The Labute approximate surface area is 95.7 Å². The van der Waals surface area contributed by atoms with Crippen molar-refractivity contribution >= 4 is 5.91 Å². The molecule has 1 N–H and O–H groups in total. The third-order valence-corrected chi connectivity index (χ3v) is 2.87. The van der Waals surface area contributed by atoms with E-state index < -0.39 is 0 Å². The monoisotopic (exact) mass is 219 g/mol. The summed E-state index contributed by atoms with van der Waals surface area (Å²) < 4.78 is 0. The number of amides is 1. The summed E-state index contributed by atoms with van der Waals surface area (Å²) in [5, 5.41) is 3.27. The van der Waals surface area contributed by atoms with Gasteiger partial charge in [0.15, 0.2) is 0 Å². The smallest absolute Gasteiger partial charge is 0.272 e. The molecule has 0 saturated carbocycles. The first-order valence-electron chi connectivity index (χ1n) is 5.64. The van der Waals surface area contributed by atoms with Crippen molar-refractivity contribution in [2.45, 2.75) is 19.9 Å². The van der Waals surface area contributed by atoms with Crippen LogP contribution in [0.3, 0.4) is 0 Å². The Balaban J connectivity index is 2.17. The highest BCUT2D eigenvalue weighted by molar-refractivity contribution is 5.92. The molecule has 0 radical (unpaired) electrons. The van der Waals surface area contributed by atoms with Gasteiger partial charge in [0.2, 0.25) is 0 Å². The van der Waals surface area contributed by atoms with E-state index in [1.165, 1.54) is 0 Å². The van der Waals surface area contributed by atoms with Gasteiger partial charge in [-0.1, -0.05) is 6.07 Å². The van der Waals surface area contributed by atoms with Crippen LogP contribution < -0.4 is 5.32 Å². The van der Waals surface area contributed by atoms with Crippen molar-refractivity contribution in [2.75, 3.05) is 19.6 Å². The molecule has 1 amide bonds. The minimum absolute atomic E-state index is 0.0395. The van der Waals surface area contributed by atoms with Gasteiger partial charge in [0.05, 0.1) is 0 Å². The van der Waals surface area contributed by atoms with E-state index in [1.807, 2.05) is 24.0 Å². The van der Waals surface area contributed by atoms with Crippen LogP contribution in [0.5, 0.6) is 0 Å². The molecule has 0 aliphatic carbocycles. The highest BCUT2D eigenvalue weighted by Gasteiger charge is 2.24. The number of nitrogens with one attached hydrogen (secondary N) is 1. The summed E-state index contributed by atoms with van der Waals surface area (Å²) in [4.78, 5) is 18.4. The number of rotatable bonds is 1. The Morgan fingerprint density at radius 2 is 2.38 bits per heavy atom. The summed E-state index contributed by atoms with van der Waals surface area (Å²) in [6, 6.07) is 5.80. The van der Waals surface area contributed by atoms with Gasteiger partial charge in [-0.15, -0.1) is 0 Å². The van der Waals surface area contributed by atoms with Crippen molar-refractivity contribution in [3.8, 4) is 0 Å². The van der Waals surface area contributed by atoms with Gasteiger partial charge < -0.3 is 10.2 Å². The Bertz CT molecular complexity index is 392. The molecule has 4 heteroatoms. The van der Waals surface area contributed by atoms with E-state index in [0.29, 0.717) is 5.69 Å². The summed E-state index contributed by atoms with van der Waals surface area (Å²) in [7, 11) is 0. The molecule has 1 atom stereocenters. The summed E-state index contributed by atoms with van der Waals surface area (Å²) >= 11 is 0. The number of aryl methyl sites for hydroxylation is 1. The second kappa shape index (κ2) is 4.61. The first-order chi connectivity index (χ1) is 7.68. The lowest BCUT2D eigenvalue weighted by atomic mass is 10.2. The molecular weight excluding hydrogens is 202 g/mol. The maximum absolute atomic E-state index is 12.2. The van der Waals surface area contributed by atoms with E-state index in [0.717, 1.165) is 25.3 Å². The first kappa shape index (κ1) is 11.1. The Morgan fingerprint density at radius 1 is 1.56 bits per heavy atom. The minimum Gasteiger partial charge on any atom is -0.332 e. The quantitative estimate of drug-likeness (QED) is 0.760. The highest BCUT2D eigenvalue weighted by atomic mass is 16.2. The second-order valence-electron chi connectivity index (χ2n) is 4.22. The summed E-state index contributed by atoms with van der Waals surface area (Å²) in [5.74, 6) is 0.0395. The SMILES string of the molecule is Cc1cccc(C(=O)N2CCNC[C@@H]2C)n1. The summed E-state index contributed by atoms with van der Waals surface area (Å²) in [5.41, 5.74) is 1.43. The average Bonchev–Trinajstić information content (AvgIpc) is 2.29. The van der Waals surface area contributed by atoms with E-state index >= 15 is 0 Å². The third kappa shape index (κ3) is 2.22. The number of carbonyl (C=O) groups is 1. The zero-order valence-electron chi connectivity index (χ0n) is 9.73. The van der Waals surface area contributed by atoms with Crippen molar-refractivity contribution in [3.63, 3.8) is 0 Å². The lowest BCUT2D eigenvalue weighted by Crippen LogP contribution is -2.52. The van der Waals surface area contributed by atoms with E-state index in [4.69, 9.17) is 0 Å². The molecule has 0 aromatic carbocycles. The van der Waals surface area contributed by atoms with Gasteiger partial charge in [0.1, 0.15) is 5.69 Å². The van der Waals surface area contributed by atoms with Crippen LogP contribution in [-0.4, -0.2) is 41.5 Å². The molecule has 0 spiro atoms. The fraction of sp³-hybridized carbons (Fsp3) is 0.500. The Morgan fingerprint density at radius 3 is 3.06 bits per heavy atom. The molecule has 1 aromatic rings. The van der Waals surface area contributed by atoms with Gasteiger partial charge in [-0.3, -0.25) is 4.79 Å². The zero-order valence-corrected chi connectivity index (χ0v) is 9.73. The van der Waals surface area contributed by atoms with Crippen LogP contribution in [0.4, 0.5) is 0 Å². The van der Waals surface area contributed by atoms with Crippen LogP contribution in [-0.2, 0) is 0 Å². The molecule has 1 fully saturated rings. The number of hydrogen-bond acceptors (Lipinski definition) is 3. The van der Waals surface area contributed by atoms with Crippen LogP contribution in [0.25, 0.3) is 0 Å². The average molecular weight is 219 g/mol. The van der Waals surface area contributed by atoms with Crippen molar-refractivity contribution in [1.29, 1.82) is 0 Å². The molecule has 4 nitrogen and oxygen atoms in total. The number of aromatic nitrogens is 1. The van der Waals surface area contributed by atoms with Crippen LogP contribution in [0.2, 0.25) is 0 Å². The molecular formula is C12H17N3O. The van der Waals surface area contributed by atoms with Crippen molar-refractivity contribution in [1.82, 2.24) is 15.2 Å². The largest absolute Gasteiger partial charge is 0.332 e. The van der Waals surface area contributed by atoms with E-state index in [-0.39, 0.29) is 11.9 Å². The Hall–Kier alpha value is -1.42. The lowest BCUT2D eigenvalue weighted by Gasteiger charge is -2.33. The second-order valence-corrected chi connectivity index (χ2v) is 4.22. The molecule has 0 bridgehead atoms. The van der Waals surface area contributed by atoms with Gasteiger partial charge in [-0.2, -0.15) is 0 Å². The van der Waals surface area contributed by atoms with Crippen LogP contribution in [0.1, 0.15) is 23.1 Å². The molecule has 1 saturated heterocycles. The number of pyridine rings is 1. The van der Waals surface area contributed by atoms with Crippen LogP contribution >= 0.6 is 0 Å². The molecule has 16 heavy (non-hydrogen) atoms. The van der Waals surface area contributed by atoms with Gasteiger partial charge in [0, 0.05) is 31.4 Å². The molecule has 2 heterocycles. The molecule has 2 rings (SSSR count). The first-order valence-corrected chi connectivity index (χ1v) is 5.64. The number of nitrogens with zero attached hydrogens (tertiary/aromatic N) is 2. The fourth-order valence-electron chi connectivity index (χ4n) is 1.95. The predicted octanol–water partition coefficient (Wildman–Crippen LogP) is 0.824. The van der Waals surface area contributed by atoms with Crippen molar-refractivity contribution in [2.24, 2.45) is 0 Å². The molecule has 1 aliphatic heterocycles. The maximum atomic E-state index is 12.2. The summed E-state index contributed by atoms with van der Waals surface area (Å²) in [6.07, 6.45) is 0. The zero-order chi connectivity index (χ0) is 11.5. The number of piperazine rings is 1. The standard InChI is InChI=1S/C12H17N3O/c1-9-4-3-5-11(14-9)12(16)15-7-6-13-8-10(15)2/h3-5,10,13H,6-8H2,1-2H3/t10-/m0/s1. The van der Waals surface area contributed by atoms with Crippen molar-refractivity contribution < 1.29 is 4.79 Å². The third-order valence-electron chi connectivity index (χ3n) is 2.87. The normalized spacial score (nSPS) is 20.9. The Kier molecular flexibility index (Phi) is 3.19. The fourth-order valence-corrected chi connectivity index (χ4v) is 1.95. The predicted molar refractivity (Wildman–Crippen MR) is 62.3 cm³/mol. The lowest BCUT2D eigenvalue weighted by molar-refractivity contribution is 0.0649. The minimum atomic E-state index is 0.0395. The summed E-state index contributed by atoms with van der Waals surface area (Å²) in [6.45, 7) is 6.44. The van der Waals surface area contributed by atoms with Gasteiger partial charge in [0.25, 0.3) is 5.91 Å². The topological polar surface area (TPSA) is 45.2 Å². The number of hydrogen-bond donors (Lipinski definition) is 1. The van der Waals surface area contributed by atoms with Crippen LogP contribution in [0.15, 0.2) is 18.2 Å². The van der Waals surface area contributed by atoms with E-state index in [2.05, 4.69) is 17.2 Å². The van der Waals surface area contributed by atoms with E-state index in [1.54, 1.807) is 6.07 Å². The van der Waals surface area contributed by atoms with Crippen molar-refractivity contribution in [3.05, 3.63) is 29.6 Å². The highest BCUT2D eigenvalue weighted by Crippen LogP contribution is 2.09. The molecule has 86 valence electrons. The van der Waals surface area contributed by atoms with Gasteiger partial charge in [-0.05, 0) is 26.0 Å². The van der Waals surface area contributed by atoms with Crippen LogP contribution in [0, 0.1) is 6.92 Å². The van der Waals surface area contributed by atoms with E-state index in [9.17, 15) is 4.79 Å². The maximum Gasteiger partial charge on any atom is 0.272 e. The molecule has 0 unspecified atom stereocenters. The molecule has 1 aliphatic rings. The molecule has 1 aromatic heterocycles. The number of carbonyl (C=O) groups excluding carboxylic acids is 1. The van der Waals surface area contributed by atoms with Gasteiger partial charge in [-0.25, -0.2) is 4.98 Å². The van der Waals surface area contributed by atoms with Gasteiger partial charge >= 0.3 is 0 Å².